The van der Waals surface area contributed by atoms with E-state index in [0.29, 0.717) is 0 Å². The van der Waals surface area contributed by atoms with Crippen LogP contribution in [0.25, 0.3) is 0 Å². The topological polar surface area (TPSA) is 75.7 Å². The molecule has 6 nitrogen and oxygen atoms in total. The minimum absolute atomic E-state index is 0.259. The average Bonchev–Trinajstić information content (AvgIpc) is 2.04. The lowest BCUT2D eigenvalue weighted by atomic mass is 10.2. The molecule has 0 aromatic rings. The smallest absolute Gasteiger partial charge is 0.444 e. The van der Waals surface area contributed by atoms with Gasteiger partial charge in [-0.05, 0) is 20.8 Å². The maximum Gasteiger partial charge on any atom is 0.511 e. The monoisotopic (exact) mass is 304 g/mol. The van der Waals surface area contributed by atoms with Gasteiger partial charge in [0.15, 0.2) is 0 Å². The van der Waals surface area contributed by atoms with Gasteiger partial charge in [0.1, 0.15) is 5.60 Å². The summed E-state index contributed by atoms with van der Waals surface area (Å²) >= 11 is 0. The van der Waals surface area contributed by atoms with Crippen LogP contribution in [0.15, 0.2) is 0 Å². The summed E-state index contributed by atoms with van der Waals surface area (Å²) in [6, 6.07) is -0.674. The molecule has 0 bridgehead atoms. The number of nitrogens with zero attached hydrogens (tertiary/aromatic N) is 1. The van der Waals surface area contributed by atoms with Gasteiger partial charge in [-0.2, -0.15) is 17.5 Å². The van der Waals surface area contributed by atoms with E-state index in [1.165, 1.54) is 0 Å². The highest BCUT2D eigenvalue weighted by Crippen LogP contribution is 2.29. The van der Waals surface area contributed by atoms with Gasteiger partial charge in [0.25, 0.3) is 0 Å². The first kappa shape index (κ1) is 16.0. The molecule has 1 amide bonds. The van der Waals surface area contributed by atoms with Crippen LogP contribution >= 0.6 is 0 Å². The molecule has 10 heteroatoms. The molecular formula is C9H15F3N2O4S. The van der Waals surface area contributed by atoms with Crippen molar-refractivity contribution < 1.29 is 31.1 Å². The number of sulfonamides is 1. The Morgan fingerprint density at radius 2 is 1.74 bits per heavy atom. The fraction of sp³-hybridized carbons (Fsp3) is 0.889. The Kier molecular flexibility index (Phi) is 4.06. The standard InChI is InChI=1S/C9H15F3N2O4S/c1-8(2,3)18-7(15)13-6-4-14(5-6)19(16,17)9(10,11)12/h6H,4-5H2,1-3H3,(H,13,15). The van der Waals surface area contributed by atoms with Gasteiger partial charge in [0, 0.05) is 13.1 Å². The third-order valence-corrected chi connectivity index (χ3v) is 3.76. The highest BCUT2D eigenvalue weighted by molar-refractivity contribution is 7.90. The van der Waals surface area contributed by atoms with Gasteiger partial charge in [-0.1, -0.05) is 0 Å². The van der Waals surface area contributed by atoms with Crippen LogP contribution in [-0.4, -0.2) is 49.1 Å². The molecule has 112 valence electrons. The zero-order valence-electron chi connectivity index (χ0n) is 10.6. The Bertz CT molecular complexity index is 449. The summed E-state index contributed by atoms with van der Waals surface area (Å²) in [5.74, 6) is 0. The molecule has 0 saturated carbocycles. The number of ether oxygens (including phenoxy) is 1. The third kappa shape index (κ3) is 3.96. The zero-order chi connectivity index (χ0) is 15.1. The van der Waals surface area contributed by atoms with E-state index in [1.807, 2.05) is 0 Å². The first-order valence-corrected chi connectivity index (χ1v) is 6.83. The van der Waals surface area contributed by atoms with E-state index in [1.54, 1.807) is 20.8 Å². The van der Waals surface area contributed by atoms with E-state index < -0.39 is 46.4 Å². The fourth-order valence-corrected chi connectivity index (χ4v) is 2.39. The van der Waals surface area contributed by atoms with Crippen molar-refractivity contribution in [3.05, 3.63) is 0 Å². The molecule has 0 radical (unpaired) electrons. The van der Waals surface area contributed by atoms with Crippen LogP contribution in [0.2, 0.25) is 0 Å². The summed E-state index contributed by atoms with van der Waals surface area (Å²) in [4.78, 5) is 11.3. The number of nitrogens with one attached hydrogen (secondary N) is 1. The number of alkyl carbamates (subject to hydrolysis) is 1. The van der Waals surface area contributed by atoms with Gasteiger partial charge >= 0.3 is 21.6 Å². The maximum atomic E-state index is 12.2. The van der Waals surface area contributed by atoms with Crippen LogP contribution in [0.3, 0.4) is 0 Å². The lowest BCUT2D eigenvalue weighted by molar-refractivity contribution is -0.0514. The molecule has 0 spiro atoms. The molecular weight excluding hydrogens is 289 g/mol. The van der Waals surface area contributed by atoms with E-state index in [2.05, 4.69) is 5.32 Å². The number of alkyl halides is 3. The van der Waals surface area contributed by atoms with Crippen LogP contribution < -0.4 is 5.32 Å². The molecule has 0 aromatic heterocycles. The van der Waals surface area contributed by atoms with Gasteiger partial charge in [0.05, 0.1) is 6.04 Å². The number of rotatable bonds is 2. The molecule has 0 aliphatic carbocycles. The Labute approximate surface area is 108 Å². The average molecular weight is 304 g/mol. The SMILES string of the molecule is CC(C)(C)OC(=O)NC1CN(S(=O)(=O)C(F)(F)F)C1. The Morgan fingerprint density at radius 1 is 1.26 bits per heavy atom. The summed E-state index contributed by atoms with van der Waals surface area (Å²) in [5, 5.41) is 2.29. The van der Waals surface area contributed by atoms with Gasteiger partial charge in [0.2, 0.25) is 0 Å². The zero-order valence-corrected chi connectivity index (χ0v) is 11.4. The lowest BCUT2D eigenvalue weighted by Crippen LogP contribution is -2.63. The van der Waals surface area contributed by atoms with Crippen LogP contribution in [0.5, 0.6) is 0 Å². The van der Waals surface area contributed by atoms with E-state index in [0.717, 1.165) is 0 Å². The number of hydrogen-bond donors (Lipinski definition) is 1. The highest BCUT2D eigenvalue weighted by atomic mass is 32.2. The second-order valence-electron chi connectivity index (χ2n) is 5.11. The molecule has 0 aromatic carbocycles. The largest absolute Gasteiger partial charge is 0.511 e. The first-order chi connectivity index (χ1) is 8.33. The molecule has 1 heterocycles. The molecule has 1 N–H and O–H groups in total. The minimum atomic E-state index is -5.32. The van der Waals surface area contributed by atoms with Crippen molar-refractivity contribution in [2.75, 3.05) is 13.1 Å². The van der Waals surface area contributed by atoms with Crippen LogP contribution in [0, 0.1) is 0 Å². The van der Waals surface area contributed by atoms with Crippen molar-refractivity contribution in [1.82, 2.24) is 9.62 Å². The summed E-state index contributed by atoms with van der Waals surface area (Å²) in [6.45, 7) is 4.07. The molecule has 19 heavy (non-hydrogen) atoms. The molecule has 1 saturated heterocycles. The fourth-order valence-electron chi connectivity index (χ4n) is 1.35. The molecule has 0 atom stereocenters. The number of hydrogen-bond acceptors (Lipinski definition) is 4. The first-order valence-electron chi connectivity index (χ1n) is 5.39. The number of carbonyl (C=O) groups excluding carboxylic acids is 1. The van der Waals surface area contributed by atoms with Crippen LogP contribution in [0.1, 0.15) is 20.8 Å². The number of halogens is 3. The normalized spacial score (nSPS) is 18.8. The quantitative estimate of drug-likeness (QED) is 0.827. The van der Waals surface area contributed by atoms with E-state index in [9.17, 15) is 26.4 Å². The van der Waals surface area contributed by atoms with Gasteiger partial charge in [-0.15, -0.1) is 0 Å². The van der Waals surface area contributed by atoms with Crippen LogP contribution in [0.4, 0.5) is 18.0 Å². The van der Waals surface area contributed by atoms with E-state index in [4.69, 9.17) is 4.74 Å². The minimum Gasteiger partial charge on any atom is -0.444 e. The summed E-state index contributed by atoms with van der Waals surface area (Å²) < 4.78 is 63.6. The van der Waals surface area contributed by atoms with Gasteiger partial charge in [-0.25, -0.2) is 13.2 Å². The van der Waals surface area contributed by atoms with Crippen molar-refractivity contribution in [2.24, 2.45) is 0 Å². The highest BCUT2D eigenvalue weighted by Gasteiger charge is 2.53. The van der Waals surface area contributed by atoms with Gasteiger partial charge in [-0.3, -0.25) is 0 Å². The molecule has 0 unspecified atom stereocenters. The Hall–Kier alpha value is -1.03. The van der Waals surface area contributed by atoms with Crippen molar-refractivity contribution in [2.45, 2.75) is 37.9 Å². The molecule has 1 aliphatic heterocycles. The maximum absolute atomic E-state index is 12.2. The predicted octanol–water partition coefficient (Wildman–Crippen LogP) is 1.04. The van der Waals surface area contributed by atoms with Crippen molar-refractivity contribution >= 4 is 16.1 Å². The van der Waals surface area contributed by atoms with E-state index in [-0.39, 0.29) is 4.31 Å². The second-order valence-corrected chi connectivity index (χ2v) is 7.04. The van der Waals surface area contributed by atoms with Crippen molar-refractivity contribution in [3.8, 4) is 0 Å². The Balaban J connectivity index is 2.46. The third-order valence-electron chi connectivity index (χ3n) is 2.20. The number of carbonyl (C=O) groups is 1. The predicted molar refractivity (Wildman–Crippen MR) is 59.7 cm³/mol. The molecule has 1 aliphatic rings. The molecule has 1 fully saturated rings. The summed E-state index contributed by atoms with van der Waals surface area (Å²) in [5.41, 5.74) is -6.05. The molecule has 1 rings (SSSR count). The Morgan fingerprint density at radius 3 is 2.11 bits per heavy atom. The van der Waals surface area contributed by atoms with Gasteiger partial charge < -0.3 is 10.1 Å². The van der Waals surface area contributed by atoms with Crippen molar-refractivity contribution in [1.29, 1.82) is 0 Å². The van der Waals surface area contributed by atoms with Crippen LogP contribution in [-0.2, 0) is 14.8 Å². The van der Waals surface area contributed by atoms with E-state index >= 15 is 0 Å². The second kappa shape index (κ2) is 4.82. The summed E-state index contributed by atoms with van der Waals surface area (Å²) in [7, 11) is -5.30. The number of amides is 1. The van der Waals surface area contributed by atoms with Crippen molar-refractivity contribution in [3.63, 3.8) is 0 Å². The lowest BCUT2D eigenvalue weighted by Gasteiger charge is -2.38. The summed E-state index contributed by atoms with van der Waals surface area (Å²) in [6.07, 6.45) is -0.790.